The van der Waals surface area contributed by atoms with E-state index in [2.05, 4.69) is 5.32 Å². The van der Waals surface area contributed by atoms with Gasteiger partial charge in [-0.25, -0.2) is 4.79 Å². The molecule has 0 fully saturated rings. The standard InChI is InChI=1S/C15H20ClNO4/c1-5-20-13(18)12(16)10-6-8-11(9-7-10)17-14(19)21-15(2,3)4/h6-9,12H,5H2,1-4H3,(H,17,19). The topological polar surface area (TPSA) is 64.6 Å². The number of carbonyl (C=O) groups is 2. The van der Waals surface area contributed by atoms with Gasteiger partial charge in [-0.3, -0.25) is 10.1 Å². The van der Waals surface area contributed by atoms with E-state index in [1.807, 2.05) is 0 Å². The predicted molar refractivity (Wildman–Crippen MR) is 81.5 cm³/mol. The average Bonchev–Trinajstić information content (AvgIpc) is 2.36. The SMILES string of the molecule is CCOC(=O)C(Cl)c1ccc(NC(=O)OC(C)(C)C)cc1. The summed E-state index contributed by atoms with van der Waals surface area (Å²) in [7, 11) is 0. The van der Waals surface area contributed by atoms with E-state index < -0.39 is 23.0 Å². The molecule has 1 amide bonds. The molecular formula is C15H20ClNO4. The highest BCUT2D eigenvalue weighted by molar-refractivity contribution is 6.29. The highest BCUT2D eigenvalue weighted by atomic mass is 35.5. The Hall–Kier alpha value is -1.75. The zero-order valence-corrected chi connectivity index (χ0v) is 13.4. The molecule has 1 rings (SSSR count). The largest absolute Gasteiger partial charge is 0.465 e. The number of alkyl halides is 1. The molecule has 0 radical (unpaired) electrons. The lowest BCUT2D eigenvalue weighted by atomic mass is 10.1. The summed E-state index contributed by atoms with van der Waals surface area (Å²) >= 11 is 5.99. The van der Waals surface area contributed by atoms with Crippen LogP contribution in [0.3, 0.4) is 0 Å². The molecule has 0 aromatic heterocycles. The lowest BCUT2D eigenvalue weighted by Crippen LogP contribution is -2.27. The van der Waals surface area contributed by atoms with Crippen LogP contribution in [0.5, 0.6) is 0 Å². The minimum atomic E-state index is -0.861. The number of anilines is 1. The molecule has 6 heteroatoms. The number of hydrogen-bond acceptors (Lipinski definition) is 4. The van der Waals surface area contributed by atoms with Gasteiger partial charge in [0.1, 0.15) is 5.60 Å². The second kappa shape index (κ2) is 7.31. The van der Waals surface area contributed by atoms with Crippen molar-refractivity contribution in [1.82, 2.24) is 0 Å². The number of amides is 1. The summed E-state index contributed by atoms with van der Waals surface area (Å²) in [6.07, 6.45) is -0.539. The van der Waals surface area contributed by atoms with E-state index in [0.717, 1.165) is 0 Å². The highest BCUT2D eigenvalue weighted by Crippen LogP contribution is 2.23. The van der Waals surface area contributed by atoms with Gasteiger partial charge in [0.15, 0.2) is 5.38 Å². The molecule has 0 saturated heterocycles. The number of rotatable bonds is 4. The second-order valence-corrected chi connectivity index (χ2v) is 5.80. The molecule has 5 nitrogen and oxygen atoms in total. The van der Waals surface area contributed by atoms with Gasteiger partial charge in [0.2, 0.25) is 0 Å². The number of carbonyl (C=O) groups excluding carboxylic acids is 2. The molecule has 0 aliphatic carbocycles. The van der Waals surface area contributed by atoms with Crippen LogP contribution in [0.1, 0.15) is 38.6 Å². The van der Waals surface area contributed by atoms with Gasteiger partial charge in [0.05, 0.1) is 6.61 Å². The smallest absolute Gasteiger partial charge is 0.412 e. The number of halogens is 1. The molecule has 116 valence electrons. The van der Waals surface area contributed by atoms with Crippen molar-refractivity contribution in [2.75, 3.05) is 11.9 Å². The molecular weight excluding hydrogens is 294 g/mol. The number of esters is 1. The van der Waals surface area contributed by atoms with Crippen LogP contribution in [0.4, 0.5) is 10.5 Å². The highest BCUT2D eigenvalue weighted by Gasteiger charge is 2.19. The molecule has 0 saturated carbocycles. The Bertz CT molecular complexity index is 493. The van der Waals surface area contributed by atoms with Crippen molar-refractivity contribution in [2.24, 2.45) is 0 Å². The molecule has 1 atom stereocenters. The quantitative estimate of drug-likeness (QED) is 0.677. The molecule has 21 heavy (non-hydrogen) atoms. The maximum atomic E-state index is 11.6. The first-order chi connectivity index (χ1) is 9.73. The van der Waals surface area contributed by atoms with Crippen molar-refractivity contribution in [1.29, 1.82) is 0 Å². The fourth-order valence-electron chi connectivity index (χ4n) is 1.51. The molecule has 1 N–H and O–H groups in total. The molecule has 0 aliphatic rings. The van der Waals surface area contributed by atoms with Crippen LogP contribution in [0.15, 0.2) is 24.3 Å². The average molecular weight is 314 g/mol. The number of benzene rings is 1. The van der Waals surface area contributed by atoms with Crippen molar-refractivity contribution in [3.05, 3.63) is 29.8 Å². The second-order valence-electron chi connectivity index (χ2n) is 5.36. The maximum Gasteiger partial charge on any atom is 0.412 e. The summed E-state index contributed by atoms with van der Waals surface area (Å²) < 4.78 is 9.99. The van der Waals surface area contributed by atoms with Crippen LogP contribution in [0.2, 0.25) is 0 Å². The van der Waals surface area contributed by atoms with Crippen LogP contribution in [0.25, 0.3) is 0 Å². The third-order valence-corrected chi connectivity index (χ3v) is 2.77. The van der Waals surface area contributed by atoms with Crippen LogP contribution in [0, 0.1) is 0 Å². The zero-order chi connectivity index (χ0) is 16.0. The summed E-state index contributed by atoms with van der Waals surface area (Å²) in [5.74, 6) is -0.494. The lowest BCUT2D eigenvalue weighted by molar-refractivity contribution is -0.142. The summed E-state index contributed by atoms with van der Waals surface area (Å²) in [5, 5.41) is 1.74. The van der Waals surface area contributed by atoms with Crippen molar-refractivity contribution in [3.63, 3.8) is 0 Å². The van der Waals surface area contributed by atoms with E-state index >= 15 is 0 Å². The molecule has 0 bridgehead atoms. The minimum absolute atomic E-state index is 0.278. The van der Waals surface area contributed by atoms with Gasteiger partial charge in [-0.05, 0) is 45.4 Å². The van der Waals surface area contributed by atoms with Crippen LogP contribution in [-0.4, -0.2) is 24.3 Å². The van der Waals surface area contributed by atoms with E-state index in [4.69, 9.17) is 21.1 Å². The van der Waals surface area contributed by atoms with Gasteiger partial charge >= 0.3 is 12.1 Å². The zero-order valence-electron chi connectivity index (χ0n) is 12.6. The third kappa shape index (κ3) is 6.04. The predicted octanol–water partition coefficient (Wildman–Crippen LogP) is 3.88. The van der Waals surface area contributed by atoms with E-state index in [0.29, 0.717) is 11.3 Å². The van der Waals surface area contributed by atoms with Crippen LogP contribution < -0.4 is 5.32 Å². The Morgan fingerprint density at radius 2 is 1.81 bits per heavy atom. The normalized spacial score (nSPS) is 12.4. The van der Waals surface area contributed by atoms with E-state index in [9.17, 15) is 9.59 Å². The first-order valence-electron chi connectivity index (χ1n) is 6.63. The fraction of sp³-hybridized carbons (Fsp3) is 0.467. The first-order valence-corrected chi connectivity index (χ1v) is 7.07. The van der Waals surface area contributed by atoms with Gasteiger partial charge in [0, 0.05) is 5.69 Å². The maximum absolute atomic E-state index is 11.6. The summed E-state index contributed by atoms with van der Waals surface area (Å²) in [4.78, 5) is 23.1. The van der Waals surface area contributed by atoms with Gasteiger partial charge in [-0.15, -0.1) is 11.6 Å². The Morgan fingerprint density at radius 3 is 2.29 bits per heavy atom. The first kappa shape index (κ1) is 17.3. The Kier molecular flexibility index (Phi) is 6.03. The lowest BCUT2D eigenvalue weighted by Gasteiger charge is -2.19. The third-order valence-electron chi connectivity index (χ3n) is 2.34. The van der Waals surface area contributed by atoms with E-state index in [1.165, 1.54) is 0 Å². The van der Waals surface area contributed by atoms with Crippen molar-refractivity contribution >= 4 is 29.4 Å². The van der Waals surface area contributed by atoms with Gasteiger partial charge in [-0.1, -0.05) is 12.1 Å². The summed E-state index contributed by atoms with van der Waals surface area (Å²) in [6, 6.07) is 6.60. The molecule has 0 spiro atoms. The van der Waals surface area contributed by atoms with Crippen molar-refractivity contribution in [2.45, 2.75) is 38.7 Å². The Labute approximate surface area is 129 Å². The number of ether oxygens (including phenoxy) is 2. The number of hydrogen-bond donors (Lipinski definition) is 1. The molecule has 1 aromatic rings. The number of nitrogens with one attached hydrogen (secondary N) is 1. The molecule has 1 aromatic carbocycles. The Morgan fingerprint density at radius 1 is 1.24 bits per heavy atom. The van der Waals surface area contributed by atoms with Gasteiger partial charge in [0.25, 0.3) is 0 Å². The van der Waals surface area contributed by atoms with E-state index in [1.54, 1.807) is 52.0 Å². The minimum Gasteiger partial charge on any atom is -0.465 e. The fourth-order valence-corrected chi connectivity index (χ4v) is 1.72. The van der Waals surface area contributed by atoms with Gasteiger partial charge < -0.3 is 9.47 Å². The van der Waals surface area contributed by atoms with Crippen LogP contribution >= 0.6 is 11.6 Å². The molecule has 0 aliphatic heterocycles. The van der Waals surface area contributed by atoms with Crippen LogP contribution in [-0.2, 0) is 14.3 Å². The monoisotopic (exact) mass is 313 g/mol. The van der Waals surface area contributed by atoms with Crippen molar-refractivity contribution in [3.8, 4) is 0 Å². The molecule has 0 heterocycles. The van der Waals surface area contributed by atoms with E-state index in [-0.39, 0.29) is 6.61 Å². The molecule has 1 unspecified atom stereocenters. The van der Waals surface area contributed by atoms with Gasteiger partial charge in [-0.2, -0.15) is 0 Å². The summed E-state index contributed by atoms with van der Waals surface area (Å²) in [5.41, 5.74) is 0.598. The Balaban J connectivity index is 2.66. The van der Waals surface area contributed by atoms with Crippen molar-refractivity contribution < 1.29 is 19.1 Å². The summed E-state index contributed by atoms with van der Waals surface area (Å²) in [6.45, 7) is 7.35.